The van der Waals surface area contributed by atoms with Gasteiger partial charge in [-0.15, -0.1) is 0 Å². The number of anilines is 1. The van der Waals surface area contributed by atoms with Crippen molar-refractivity contribution in [1.29, 1.82) is 5.41 Å². The Labute approximate surface area is 102 Å². The monoisotopic (exact) mass is 246 g/mol. The number of Topliss-reactive ketones (excluding diaryl/α,β-unsaturated/α-hetero) is 1. The van der Waals surface area contributed by atoms with Gasteiger partial charge >= 0.3 is 0 Å². The lowest BCUT2D eigenvalue weighted by Gasteiger charge is -2.14. The molecule has 0 spiro atoms. The zero-order chi connectivity index (χ0) is 13.1. The van der Waals surface area contributed by atoms with Crippen molar-refractivity contribution in [2.24, 2.45) is 5.10 Å². The highest BCUT2D eigenvalue weighted by atomic mass is 16.3. The summed E-state index contributed by atoms with van der Waals surface area (Å²) < 4.78 is 0. The summed E-state index contributed by atoms with van der Waals surface area (Å²) in [6.07, 6.45) is -0.339. The van der Waals surface area contributed by atoms with Gasteiger partial charge in [-0.25, -0.2) is 0 Å². The minimum atomic E-state index is -0.586. The third kappa shape index (κ3) is 2.34. The first kappa shape index (κ1) is 11.8. The molecule has 0 bridgehead atoms. The highest BCUT2D eigenvalue weighted by Gasteiger charge is 2.27. The van der Waals surface area contributed by atoms with Crippen molar-refractivity contribution in [2.45, 2.75) is 6.42 Å². The maximum Gasteiger partial charge on any atom is 0.233 e. The molecule has 1 aliphatic heterocycles. The molecule has 1 fully saturated rings. The normalized spacial score (nSPS) is 17.8. The number of benzene rings is 1. The molecule has 0 aliphatic carbocycles. The number of amides is 1. The number of ketones is 1. The fraction of sp³-hybridized carbons (Fsp3) is 0.0909. The minimum absolute atomic E-state index is 0.0261. The van der Waals surface area contributed by atoms with Crippen LogP contribution in [0.2, 0.25) is 0 Å². The van der Waals surface area contributed by atoms with E-state index in [9.17, 15) is 14.7 Å². The molecule has 1 amide bonds. The Morgan fingerprint density at radius 2 is 2.06 bits per heavy atom. The van der Waals surface area contributed by atoms with Crippen molar-refractivity contribution in [1.82, 2.24) is 5.32 Å². The van der Waals surface area contributed by atoms with Crippen LogP contribution in [-0.4, -0.2) is 28.3 Å². The average Bonchev–Trinajstić information content (AvgIpc) is 2.33. The Hall–Kier alpha value is -2.70. The molecule has 2 rings (SSSR count). The van der Waals surface area contributed by atoms with E-state index in [-0.39, 0.29) is 23.7 Å². The van der Waals surface area contributed by atoms with Gasteiger partial charge in [0.15, 0.2) is 11.6 Å². The van der Waals surface area contributed by atoms with Crippen LogP contribution in [0.3, 0.4) is 0 Å². The number of rotatable bonds is 2. The molecular formula is C11H10N4O3. The lowest BCUT2D eigenvalue weighted by Crippen LogP contribution is -2.46. The fourth-order valence-corrected chi connectivity index (χ4v) is 1.37. The molecule has 7 nitrogen and oxygen atoms in total. The molecule has 1 aromatic carbocycles. The molecular weight excluding hydrogens is 236 g/mol. The Morgan fingerprint density at radius 1 is 1.33 bits per heavy atom. The summed E-state index contributed by atoms with van der Waals surface area (Å²) in [4.78, 5) is 22.4. The van der Waals surface area contributed by atoms with Gasteiger partial charge in [-0.2, -0.15) is 5.10 Å². The maximum atomic E-state index is 11.2. The number of nitrogens with zero attached hydrogens (tertiary/aromatic N) is 1. The van der Waals surface area contributed by atoms with Crippen LogP contribution in [0.25, 0.3) is 0 Å². The highest BCUT2D eigenvalue weighted by molar-refractivity contribution is 6.70. The number of hydrogen-bond donors (Lipinski definition) is 4. The van der Waals surface area contributed by atoms with Crippen molar-refractivity contribution in [3.8, 4) is 5.75 Å². The van der Waals surface area contributed by atoms with Gasteiger partial charge < -0.3 is 10.4 Å². The highest BCUT2D eigenvalue weighted by Crippen LogP contribution is 2.21. The first-order valence-corrected chi connectivity index (χ1v) is 5.11. The summed E-state index contributed by atoms with van der Waals surface area (Å²) in [6, 6.07) is 6.34. The van der Waals surface area contributed by atoms with Crippen molar-refractivity contribution in [3.05, 3.63) is 24.3 Å². The standard InChI is InChI=1S/C11H10N4O3/c12-10-8(17)5-9(18)13-11(10)15-14-6-3-1-2-4-7(6)16/h1-4,12,14,16H,5H2,(H,13,15,18). The number of hydrazone groups is 1. The molecule has 1 aromatic rings. The van der Waals surface area contributed by atoms with Crippen molar-refractivity contribution in [2.75, 3.05) is 5.43 Å². The van der Waals surface area contributed by atoms with Gasteiger partial charge in [0.1, 0.15) is 11.5 Å². The molecule has 18 heavy (non-hydrogen) atoms. The zero-order valence-electron chi connectivity index (χ0n) is 9.23. The van der Waals surface area contributed by atoms with Crippen LogP contribution in [0.5, 0.6) is 5.75 Å². The van der Waals surface area contributed by atoms with Gasteiger partial charge in [0.25, 0.3) is 0 Å². The van der Waals surface area contributed by atoms with E-state index in [1.54, 1.807) is 18.2 Å². The number of phenols is 1. The molecule has 4 N–H and O–H groups in total. The zero-order valence-corrected chi connectivity index (χ0v) is 9.23. The molecule has 1 aliphatic rings. The van der Waals surface area contributed by atoms with Gasteiger partial charge in [0.2, 0.25) is 5.91 Å². The molecule has 0 saturated carbocycles. The Kier molecular flexibility index (Phi) is 3.05. The molecule has 1 heterocycles. The number of hydrogen-bond acceptors (Lipinski definition) is 6. The lowest BCUT2D eigenvalue weighted by atomic mass is 10.1. The first-order chi connectivity index (χ1) is 8.58. The smallest absolute Gasteiger partial charge is 0.233 e. The van der Waals surface area contributed by atoms with E-state index in [4.69, 9.17) is 5.41 Å². The van der Waals surface area contributed by atoms with Crippen LogP contribution < -0.4 is 10.7 Å². The van der Waals surface area contributed by atoms with E-state index in [0.717, 1.165) is 0 Å². The number of amidine groups is 1. The largest absolute Gasteiger partial charge is 0.506 e. The molecule has 1 saturated heterocycles. The summed E-state index contributed by atoms with van der Waals surface area (Å²) >= 11 is 0. The van der Waals surface area contributed by atoms with E-state index in [0.29, 0.717) is 5.69 Å². The van der Waals surface area contributed by atoms with E-state index in [1.807, 2.05) is 0 Å². The summed E-state index contributed by atoms with van der Waals surface area (Å²) in [5.41, 5.74) is 2.43. The van der Waals surface area contributed by atoms with Gasteiger partial charge in [-0.05, 0) is 12.1 Å². The van der Waals surface area contributed by atoms with Crippen LogP contribution in [0.1, 0.15) is 6.42 Å². The number of piperidine rings is 1. The summed E-state index contributed by atoms with van der Waals surface area (Å²) in [7, 11) is 0. The first-order valence-electron chi connectivity index (χ1n) is 5.11. The number of para-hydroxylation sites is 2. The van der Waals surface area contributed by atoms with Gasteiger partial charge in [0, 0.05) is 0 Å². The van der Waals surface area contributed by atoms with E-state index in [2.05, 4.69) is 15.8 Å². The molecule has 92 valence electrons. The summed E-state index contributed by atoms with van der Waals surface area (Å²) in [5.74, 6) is -1.27. The predicted molar refractivity (Wildman–Crippen MR) is 64.7 cm³/mol. The SMILES string of the molecule is N=C1C(=O)CC(=O)N/C1=N/Nc1ccccc1O. The fourth-order valence-electron chi connectivity index (χ4n) is 1.37. The van der Waals surface area contributed by atoms with E-state index in [1.165, 1.54) is 6.07 Å². The number of phenolic OH excluding ortho intramolecular Hbond substituents is 1. The predicted octanol–water partition coefficient (Wildman–Crippen LogP) is 0.226. The van der Waals surface area contributed by atoms with Crippen molar-refractivity contribution in [3.63, 3.8) is 0 Å². The number of nitrogens with one attached hydrogen (secondary N) is 3. The van der Waals surface area contributed by atoms with Crippen LogP contribution >= 0.6 is 0 Å². The third-order valence-electron chi connectivity index (χ3n) is 2.29. The Balaban J connectivity index is 2.18. The number of carbonyl (C=O) groups excluding carboxylic acids is 2. The minimum Gasteiger partial charge on any atom is -0.506 e. The van der Waals surface area contributed by atoms with Crippen LogP contribution in [0.15, 0.2) is 29.4 Å². The van der Waals surface area contributed by atoms with Crippen LogP contribution in [-0.2, 0) is 9.59 Å². The van der Waals surface area contributed by atoms with Gasteiger partial charge in [-0.1, -0.05) is 12.1 Å². The second kappa shape index (κ2) is 4.66. The Bertz CT molecular complexity index is 565. The van der Waals surface area contributed by atoms with E-state index >= 15 is 0 Å². The van der Waals surface area contributed by atoms with Crippen LogP contribution in [0, 0.1) is 5.41 Å². The third-order valence-corrected chi connectivity index (χ3v) is 2.29. The van der Waals surface area contributed by atoms with Gasteiger partial charge in [0.05, 0.1) is 12.1 Å². The van der Waals surface area contributed by atoms with Gasteiger partial charge in [-0.3, -0.25) is 20.4 Å². The van der Waals surface area contributed by atoms with Crippen molar-refractivity contribution < 1.29 is 14.7 Å². The van der Waals surface area contributed by atoms with Crippen molar-refractivity contribution >= 4 is 28.9 Å². The molecule has 0 radical (unpaired) electrons. The second-order valence-electron chi connectivity index (χ2n) is 3.61. The number of carbonyl (C=O) groups is 2. The summed E-state index contributed by atoms with van der Waals surface area (Å²) in [5, 5.41) is 23.0. The quantitative estimate of drug-likeness (QED) is 0.339. The molecule has 0 atom stereocenters. The molecule has 0 unspecified atom stereocenters. The maximum absolute atomic E-state index is 11.2. The topological polar surface area (TPSA) is 115 Å². The molecule has 7 heteroatoms. The summed E-state index contributed by atoms with van der Waals surface area (Å²) in [6.45, 7) is 0. The Morgan fingerprint density at radius 3 is 2.78 bits per heavy atom. The molecule has 0 aromatic heterocycles. The second-order valence-corrected chi connectivity index (χ2v) is 3.61. The average molecular weight is 246 g/mol. The van der Waals surface area contributed by atoms with Crippen LogP contribution in [0.4, 0.5) is 5.69 Å². The lowest BCUT2D eigenvalue weighted by molar-refractivity contribution is -0.125. The van der Waals surface area contributed by atoms with E-state index < -0.39 is 11.7 Å². The number of aromatic hydroxyl groups is 1.